The quantitative estimate of drug-likeness (QED) is 0.730. The maximum Gasteiger partial charge on any atom is 0.337 e. The molecule has 0 unspecified atom stereocenters. The lowest BCUT2D eigenvalue weighted by Gasteiger charge is -2.32. The summed E-state index contributed by atoms with van der Waals surface area (Å²) in [5, 5.41) is 0. The molecule has 1 saturated heterocycles. The second-order valence-electron chi connectivity index (χ2n) is 7.66. The molecule has 1 N–H and O–H groups in total. The number of rotatable bonds is 6. The fourth-order valence-electron chi connectivity index (χ4n) is 3.64. The van der Waals surface area contributed by atoms with Crippen molar-refractivity contribution in [1.82, 2.24) is 4.72 Å². The summed E-state index contributed by atoms with van der Waals surface area (Å²) in [5.41, 5.74) is 2.83. The number of aryl methyl sites for hydroxylation is 1. The molecular weight excluding hydrogens is 388 g/mol. The molecule has 0 spiro atoms. The minimum atomic E-state index is -3.76. The molecule has 3 rings (SSSR count). The first-order valence-electron chi connectivity index (χ1n) is 9.82. The summed E-state index contributed by atoms with van der Waals surface area (Å²) < 4.78 is 32.8. The number of sulfonamides is 1. The largest absolute Gasteiger partial charge is 0.465 e. The van der Waals surface area contributed by atoms with Crippen LogP contribution in [0.2, 0.25) is 0 Å². The Balaban J connectivity index is 1.70. The molecule has 29 heavy (non-hydrogen) atoms. The van der Waals surface area contributed by atoms with Crippen LogP contribution in [0.15, 0.2) is 47.4 Å². The summed E-state index contributed by atoms with van der Waals surface area (Å²) in [6.07, 6.45) is 2.47. The molecule has 0 bridgehead atoms. The van der Waals surface area contributed by atoms with Gasteiger partial charge in [0.2, 0.25) is 10.0 Å². The Morgan fingerprint density at radius 1 is 1.21 bits per heavy atom. The molecule has 0 aromatic heterocycles. The van der Waals surface area contributed by atoms with E-state index in [0.29, 0.717) is 11.5 Å². The first-order valence-corrected chi connectivity index (χ1v) is 11.3. The van der Waals surface area contributed by atoms with Crippen LogP contribution in [-0.2, 0) is 21.3 Å². The number of hydrogen-bond acceptors (Lipinski definition) is 5. The fraction of sp³-hybridized carbons (Fsp3) is 0.409. The van der Waals surface area contributed by atoms with Crippen LogP contribution in [0.3, 0.4) is 0 Å². The zero-order valence-corrected chi connectivity index (χ0v) is 18.0. The van der Waals surface area contributed by atoms with E-state index in [1.165, 1.54) is 31.7 Å². The fourth-order valence-corrected chi connectivity index (χ4v) is 4.93. The second-order valence-corrected chi connectivity index (χ2v) is 9.39. The minimum absolute atomic E-state index is 0.0827. The molecule has 0 radical (unpaired) electrons. The van der Waals surface area contributed by atoms with Gasteiger partial charge in [0.1, 0.15) is 0 Å². The lowest BCUT2D eigenvalue weighted by Crippen LogP contribution is -2.34. The molecule has 2 aromatic carbocycles. The molecule has 0 amide bonds. The topological polar surface area (TPSA) is 75.7 Å². The van der Waals surface area contributed by atoms with E-state index in [1.54, 1.807) is 19.1 Å². The van der Waals surface area contributed by atoms with Gasteiger partial charge in [-0.05, 0) is 61.1 Å². The third-order valence-electron chi connectivity index (χ3n) is 5.32. The summed E-state index contributed by atoms with van der Waals surface area (Å²) in [6, 6.07) is 12.5. The van der Waals surface area contributed by atoms with E-state index in [4.69, 9.17) is 0 Å². The zero-order chi connectivity index (χ0) is 21.0. The smallest absolute Gasteiger partial charge is 0.337 e. The maximum absolute atomic E-state index is 12.8. The van der Waals surface area contributed by atoms with Gasteiger partial charge in [0, 0.05) is 25.3 Å². The molecular formula is C22H28N2O4S. The van der Waals surface area contributed by atoms with E-state index >= 15 is 0 Å². The maximum atomic E-state index is 12.8. The molecule has 1 fully saturated rings. The highest BCUT2D eigenvalue weighted by atomic mass is 32.2. The summed E-state index contributed by atoms with van der Waals surface area (Å²) in [4.78, 5) is 14.2. The van der Waals surface area contributed by atoms with E-state index in [2.05, 4.69) is 21.3 Å². The lowest BCUT2D eigenvalue weighted by molar-refractivity contribution is 0.0600. The third kappa shape index (κ3) is 5.16. The van der Waals surface area contributed by atoms with E-state index in [0.717, 1.165) is 18.7 Å². The van der Waals surface area contributed by atoms with Crippen LogP contribution in [-0.4, -0.2) is 34.6 Å². The van der Waals surface area contributed by atoms with Gasteiger partial charge in [-0.15, -0.1) is 0 Å². The Labute approximate surface area is 172 Å². The van der Waals surface area contributed by atoms with E-state index in [1.807, 2.05) is 24.3 Å². The van der Waals surface area contributed by atoms with Crippen molar-refractivity contribution in [3.8, 4) is 0 Å². The van der Waals surface area contributed by atoms with Crippen molar-refractivity contribution in [1.29, 1.82) is 0 Å². The molecule has 1 aliphatic heterocycles. The highest BCUT2D eigenvalue weighted by Gasteiger charge is 2.20. The van der Waals surface area contributed by atoms with Gasteiger partial charge < -0.3 is 9.64 Å². The van der Waals surface area contributed by atoms with Crippen LogP contribution < -0.4 is 9.62 Å². The zero-order valence-electron chi connectivity index (χ0n) is 17.1. The van der Waals surface area contributed by atoms with Crippen LogP contribution in [0.4, 0.5) is 5.69 Å². The van der Waals surface area contributed by atoms with Crippen molar-refractivity contribution in [3.63, 3.8) is 0 Å². The van der Waals surface area contributed by atoms with E-state index in [-0.39, 0.29) is 17.0 Å². The first kappa shape index (κ1) is 21.3. The van der Waals surface area contributed by atoms with Crippen molar-refractivity contribution < 1.29 is 17.9 Å². The number of ether oxygens (including phenoxy) is 1. The van der Waals surface area contributed by atoms with Gasteiger partial charge in [-0.3, -0.25) is 0 Å². The van der Waals surface area contributed by atoms with E-state index < -0.39 is 16.0 Å². The number of hydrogen-bond donors (Lipinski definition) is 1. The Morgan fingerprint density at radius 2 is 1.93 bits per heavy atom. The summed E-state index contributed by atoms with van der Waals surface area (Å²) >= 11 is 0. The molecule has 0 saturated carbocycles. The highest BCUT2D eigenvalue weighted by molar-refractivity contribution is 7.89. The number of esters is 1. The second kappa shape index (κ2) is 8.97. The number of anilines is 1. The first-order chi connectivity index (χ1) is 13.8. The van der Waals surface area contributed by atoms with Crippen LogP contribution in [0.1, 0.15) is 41.3 Å². The van der Waals surface area contributed by atoms with Gasteiger partial charge in [0.15, 0.2) is 0 Å². The van der Waals surface area contributed by atoms with Crippen molar-refractivity contribution in [2.45, 2.75) is 38.1 Å². The van der Waals surface area contributed by atoms with Gasteiger partial charge in [-0.2, -0.15) is 0 Å². The summed E-state index contributed by atoms with van der Waals surface area (Å²) in [7, 11) is -2.49. The van der Waals surface area contributed by atoms with Gasteiger partial charge in [0.05, 0.1) is 17.6 Å². The number of benzene rings is 2. The van der Waals surface area contributed by atoms with Gasteiger partial charge >= 0.3 is 5.97 Å². The molecule has 1 atom stereocenters. The highest BCUT2D eigenvalue weighted by Crippen LogP contribution is 2.23. The number of nitrogens with zero attached hydrogens (tertiary/aromatic N) is 1. The van der Waals surface area contributed by atoms with Crippen LogP contribution in [0.25, 0.3) is 0 Å². The molecule has 156 valence electrons. The molecule has 1 heterocycles. The molecule has 1 aliphatic rings. The van der Waals surface area contributed by atoms with Crippen molar-refractivity contribution in [2.24, 2.45) is 5.92 Å². The predicted molar refractivity (Wildman–Crippen MR) is 114 cm³/mol. The Morgan fingerprint density at radius 3 is 2.59 bits per heavy atom. The van der Waals surface area contributed by atoms with Gasteiger partial charge in [-0.25, -0.2) is 17.9 Å². The normalized spacial score (nSPS) is 17.2. The molecule has 6 nitrogen and oxygen atoms in total. The average molecular weight is 417 g/mol. The monoisotopic (exact) mass is 416 g/mol. The number of carbonyl (C=O) groups is 1. The molecule has 0 aliphatic carbocycles. The number of carbonyl (C=O) groups excluding carboxylic acids is 1. The SMILES string of the molecule is COC(=O)c1ccc(C)c(S(=O)(=O)NCc2ccc(N3CCC[C@H](C)C3)cc2)c1. The molecule has 2 aromatic rings. The van der Waals surface area contributed by atoms with Crippen molar-refractivity contribution in [3.05, 3.63) is 59.2 Å². The lowest BCUT2D eigenvalue weighted by atomic mass is 9.99. The van der Waals surface area contributed by atoms with Crippen molar-refractivity contribution >= 4 is 21.7 Å². The number of methoxy groups -OCH3 is 1. The predicted octanol–water partition coefficient (Wildman–Crippen LogP) is 3.50. The Hall–Kier alpha value is -2.38. The number of nitrogens with one attached hydrogen (secondary N) is 1. The van der Waals surface area contributed by atoms with Crippen LogP contribution >= 0.6 is 0 Å². The summed E-state index contributed by atoms with van der Waals surface area (Å²) in [5.74, 6) is 0.128. The minimum Gasteiger partial charge on any atom is -0.465 e. The third-order valence-corrected chi connectivity index (χ3v) is 6.87. The Kier molecular flexibility index (Phi) is 6.59. The summed E-state index contributed by atoms with van der Waals surface area (Å²) in [6.45, 7) is 6.27. The van der Waals surface area contributed by atoms with Gasteiger partial charge in [0.25, 0.3) is 0 Å². The average Bonchev–Trinajstić information content (AvgIpc) is 2.72. The standard InChI is InChI=1S/C22H28N2O4S/c1-16-5-4-12-24(15-16)20-10-7-18(8-11-20)14-23-29(26,27)21-13-19(22(25)28-3)9-6-17(21)2/h6-11,13,16,23H,4-5,12,14-15H2,1-3H3/t16-/m0/s1. The number of piperidine rings is 1. The van der Waals surface area contributed by atoms with Gasteiger partial charge in [-0.1, -0.05) is 25.1 Å². The van der Waals surface area contributed by atoms with Crippen LogP contribution in [0, 0.1) is 12.8 Å². The van der Waals surface area contributed by atoms with E-state index in [9.17, 15) is 13.2 Å². The molecule has 7 heteroatoms. The van der Waals surface area contributed by atoms with Crippen molar-refractivity contribution in [2.75, 3.05) is 25.1 Å². The Bertz CT molecular complexity index is 971. The van der Waals surface area contributed by atoms with Crippen LogP contribution in [0.5, 0.6) is 0 Å².